The largest absolute Gasteiger partial charge is 0.462 e. The van der Waals surface area contributed by atoms with E-state index in [1.165, 1.54) is 12.5 Å². The van der Waals surface area contributed by atoms with Crippen molar-refractivity contribution < 1.29 is 57.8 Å². The molecule has 0 bridgehead atoms. The van der Waals surface area contributed by atoms with Crippen molar-refractivity contribution in [2.24, 2.45) is 51.2 Å². The van der Waals surface area contributed by atoms with Gasteiger partial charge in [0.25, 0.3) is 0 Å². The number of aliphatic hydroxyl groups is 2. The lowest BCUT2D eigenvalue weighted by molar-refractivity contribution is -0.254. The van der Waals surface area contributed by atoms with Crippen molar-refractivity contribution in [2.45, 2.75) is 220 Å². The average molecular weight is 885 g/mol. The van der Waals surface area contributed by atoms with Crippen LogP contribution in [-0.4, -0.2) is 96.1 Å². The Morgan fingerprint density at radius 3 is 1.84 bits per heavy atom. The highest BCUT2D eigenvalue weighted by Crippen LogP contribution is 2.63. The maximum Gasteiger partial charge on any atom is 0.306 e. The highest BCUT2D eigenvalue weighted by atomic mass is 16.6. The van der Waals surface area contributed by atoms with Gasteiger partial charge in [-0.05, 0) is 100 Å². The summed E-state index contributed by atoms with van der Waals surface area (Å²) in [6, 6.07) is 0. The van der Waals surface area contributed by atoms with Gasteiger partial charge in [0, 0.05) is 60.7 Å². The van der Waals surface area contributed by atoms with Crippen molar-refractivity contribution in [1.29, 1.82) is 0 Å². The number of ether oxygens (including phenoxy) is 6. The minimum atomic E-state index is -0.594. The van der Waals surface area contributed by atoms with Gasteiger partial charge >= 0.3 is 23.9 Å². The number of rotatable bonds is 11. The van der Waals surface area contributed by atoms with Gasteiger partial charge < -0.3 is 38.6 Å². The monoisotopic (exact) mass is 885 g/mol. The summed E-state index contributed by atoms with van der Waals surface area (Å²) in [6.07, 6.45) is 14.9. The quantitative estimate of drug-likeness (QED) is 0.116. The van der Waals surface area contributed by atoms with Crippen LogP contribution in [0.1, 0.15) is 171 Å². The molecule has 6 aliphatic carbocycles. The summed E-state index contributed by atoms with van der Waals surface area (Å²) in [6.45, 7) is 17.5. The highest BCUT2D eigenvalue weighted by molar-refractivity contribution is 5.70. The fourth-order valence-electron chi connectivity index (χ4n) is 14.3. The Kier molecular flexibility index (Phi) is 14.9. The molecule has 0 aromatic rings. The molecule has 2 N–H and O–H groups in total. The van der Waals surface area contributed by atoms with Crippen molar-refractivity contribution in [3.8, 4) is 0 Å². The number of fused-ring (bicyclic) bond motifs is 10. The van der Waals surface area contributed by atoms with Crippen molar-refractivity contribution in [3.63, 3.8) is 0 Å². The van der Waals surface area contributed by atoms with Crippen LogP contribution in [0.2, 0.25) is 0 Å². The van der Waals surface area contributed by atoms with E-state index >= 15 is 0 Å². The summed E-state index contributed by atoms with van der Waals surface area (Å²) in [5, 5.41) is 22.5. The number of carbonyl (C=O) groups is 4. The second-order valence-electron chi connectivity index (χ2n) is 22.0. The summed E-state index contributed by atoms with van der Waals surface area (Å²) in [4.78, 5) is 47.9. The Morgan fingerprint density at radius 1 is 0.667 bits per heavy atom. The van der Waals surface area contributed by atoms with Crippen molar-refractivity contribution >= 4 is 23.9 Å². The molecule has 0 radical (unpaired) electrons. The first-order chi connectivity index (χ1) is 29.9. The molecule has 356 valence electrons. The predicted octanol–water partition coefficient (Wildman–Crippen LogP) is 8.36. The van der Waals surface area contributed by atoms with Crippen LogP contribution in [0.15, 0.2) is 11.6 Å². The normalized spacial score (nSPS) is 44.6. The molecule has 8 rings (SSSR count). The number of unbranched alkanes of at least 4 members (excludes halogenated alkanes) is 2. The van der Waals surface area contributed by atoms with Gasteiger partial charge in [-0.1, -0.05) is 73.0 Å². The van der Waals surface area contributed by atoms with E-state index in [0.29, 0.717) is 44.8 Å². The molecule has 5 saturated carbocycles. The zero-order chi connectivity index (χ0) is 45.5. The van der Waals surface area contributed by atoms with E-state index < -0.39 is 12.2 Å². The lowest BCUT2D eigenvalue weighted by Gasteiger charge is -2.61. The second kappa shape index (κ2) is 19.4. The molecule has 17 atom stereocenters. The third kappa shape index (κ3) is 9.28. The Labute approximate surface area is 376 Å². The van der Waals surface area contributed by atoms with Crippen LogP contribution < -0.4 is 0 Å². The highest BCUT2D eigenvalue weighted by Gasteiger charge is 2.65. The fourth-order valence-corrected chi connectivity index (χ4v) is 14.3. The van der Waals surface area contributed by atoms with Crippen LogP contribution >= 0.6 is 0 Å². The first-order valence-electron chi connectivity index (χ1n) is 25.0. The molecule has 2 aliphatic heterocycles. The molecule has 2 heterocycles. The van der Waals surface area contributed by atoms with Crippen molar-refractivity contribution in [2.75, 3.05) is 13.2 Å². The number of carbonyl (C=O) groups excluding carboxylic acids is 4. The third-order valence-corrected chi connectivity index (χ3v) is 18.0. The Hall–Kier alpha value is -2.54. The van der Waals surface area contributed by atoms with E-state index in [4.69, 9.17) is 28.4 Å². The van der Waals surface area contributed by atoms with E-state index in [-0.39, 0.29) is 106 Å². The van der Waals surface area contributed by atoms with E-state index in [2.05, 4.69) is 41.5 Å². The molecular formula is C51H80O12. The van der Waals surface area contributed by atoms with Crippen molar-refractivity contribution in [1.82, 2.24) is 0 Å². The second-order valence-corrected chi connectivity index (χ2v) is 22.0. The summed E-state index contributed by atoms with van der Waals surface area (Å²) < 4.78 is 36.1. The predicted molar refractivity (Wildman–Crippen MR) is 235 cm³/mol. The summed E-state index contributed by atoms with van der Waals surface area (Å²) in [5.41, 5.74) is 0.496. The molecule has 0 aromatic carbocycles. The molecule has 0 spiro atoms. The van der Waals surface area contributed by atoms with Gasteiger partial charge in [-0.25, -0.2) is 0 Å². The maximum absolute atomic E-state index is 12.2. The fraction of sp³-hybridized carbons (Fsp3) is 0.882. The van der Waals surface area contributed by atoms with Gasteiger partial charge in [-0.15, -0.1) is 0 Å². The van der Waals surface area contributed by atoms with Gasteiger partial charge in [0.1, 0.15) is 24.4 Å². The van der Waals surface area contributed by atoms with Crippen LogP contribution in [0.25, 0.3) is 0 Å². The molecule has 0 amide bonds. The first-order valence-corrected chi connectivity index (χ1v) is 25.0. The Morgan fingerprint density at radius 2 is 1.24 bits per heavy atom. The minimum absolute atomic E-state index is 0.00304. The van der Waals surface area contributed by atoms with Gasteiger partial charge in [-0.2, -0.15) is 0 Å². The molecule has 2 saturated heterocycles. The van der Waals surface area contributed by atoms with Crippen LogP contribution in [0, 0.1) is 51.2 Å². The average Bonchev–Trinajstić information content (AvgIpc) is 3.75. The molecular weight excluding hydrogens is 805 g/mol. The number of esters is 4. The molecule has 0 aromatic heterocycles. The lowest BCUT2D eigenvalue weighted by Crippen LogP contribution is -2.64. The summed E-state index contributed by atoms with van der Waals surface area (Å²) >= 11 is 0. The Bertz CT molecular complexity index is 1700. The van der Waals surface area contributed by atoms with E-state index in [1.807, 2.05) is 13.0 Å². The van der Waals surface area contributed by atoms with Crippen LogP contribution in [0.5, 0.6) is 0 Å². The van der Waals surface area contributed by atoms with E-state index in [9.17, 15) is 29.4 Å². The molecule has 7 fully saturated rings. The molecule has 12 heteroatoms. The smallest absolute Gasteiger partial charge is 0.306 e. The lowest BCUT2D eigenvalue weighted by atomic mass is 9.50. The van der Waals surface area contributed by atoms with Crippen LogP contribution in [0.4, 0.5) is 0 Å². The maximum atomic E-state index is 12.2. The number of hydrogen-bond acceptors (Lipinski definition) is 12. The zero-order valence-corrected chi connectivity index (χ0v) is 39.7. The standard InChI is InChI=1S/C26H42O6.C25H38O6/c1-5-7-8-22(29)31-17-11-12-25(3)16(13-17)14-19(27)23-18-9-10-20(32-21(28)6-2)26(18,4)15-30-24(23)25;1-5-6-7-21(28)31-17-10-11-24(3)16(12-17)13-19(27)22-18-8-9-20(30-15(2)26)25(18,4)14-29-23(22)24/h16-20,23-24,27H,5-15H2,1-4H3;13,17-20,22-23,27H,5-12,14H2,1-4H3/t16?,17-,18?,19-,20-,23?,24?,25-,26-;17-,18?,19-,20?,22?,23?,24-,25-/m00/s1. The molecule has 63 heavy (non-hydrogen) atoms. The van der Waals surface area contributed by atoms with Gasteiger partial charge in [0.05, 0.1) is 37.6 Å². The summed E-state index contributed by atoms with van der Waals surface area (Å²) in [7, 11) is 0. The van der Waals surface area contributed by atoms with Gasteiger partial charge in [0.15, 0.2) is 0 Å². The Balaban J connectivity index is 0.000000189. The number of hydrogen-bond donors (Lipinski definition) is 2. The molecule has 8 aliphatic rings. The SMILES string of the molecule is CCCCC(=O)O[C@H]1CC[C@@]2(C)C(=C[C@H](O)C3C4CCC(OC(C)=O)[C@@]4(C)COC32)C1.CCCCC(=O)O[C@H]1CC[C@@]2(C)C(C1)C[C@H](O)C1C2OC[C@@]2(C)C1CC[C@@H]2OC(=O)CC. The van der Waals surface area contributed by atoms with Gasteiger partial charge in [-0.3, -0.25) is 19.2 Å². The number of aliphatic hydroxyl groups excluding tert-OH is 2. The topological polar surface area (TPSA) is 164 Å². The third-order valence-electron chi connectivity index (χ3n) is 18.0. The van der Waals surface area contributed by atoms with Gasteiger partial charge in [0.2, 0.25) is 0 Å². The molecule has 8 unspecified atom stereocenters. The molecule has 12 nitrogen and oxygen atoms in total. The summed E-state index contributed by atoms with van der Waals surface area (Å²) in [5.74, 6) is 0.311. The zero-order valence-electron chi connectivity index (χ0n) is 39.7. The van der Waals surface area contributed by atoms with Crippen molar-refractivity contribution in [3.05, 3.63) is 11.6 Å². The first kappa shape index (κ1) is 48.4. The van der Waals surface area contributed by atoms with E-state index in [0.717, 1.165) is 89.9 Å². The van der Waals surface area contributed by atoms with E-state index in [1.54, 1.807) is 0 Å². The van der Waals surface area contributed by atoms with Crippen LogP contribution in [-0.2, 0) is 47.6 Å². The minimum Gasteiger partial charge on any atom is -0.462 e. The van der Waals surface area contributed by atoms with Crippen LogP contribution in [0.3, 0.4) is 0 Å².